The summed E-state index contributed by atoms with van der Waals surface area (Å²) in [4.78, 5) is 35.5. The van der Waals surface area contributed by atoms with E-state index >= 15 is 0 Å². The smallest absolute Gasteiger partial charge is 0.341 e. The van der Waals surface area contributed by atoms with Gasteiger partial charge in [0.05, 0.1) is 5.56 Å². The highest BCUT2D eigenvalue weighted by atomic mass is 19.1. The Hall–Kier alpha value is -2.51. The molecule has 136 valence electrons. The number of amides is 3. The van der Waals surface area contributed by atoms with Crippen LogP contribution in [0, 0.1) is 11.6 Å². The number of carbonyl (C=O) groups is 3. The number of urea groups is 1. The van der Waals surface area contributed by atoms with Gasteiger partial charge < -0.3 is 10.1 Å². The zero-order valence-electron chi connectivity index (χ0n) is 13.8. The van der Waals surface area contributed by atoms with E-state index in [1.165, 1.54) is 6.92 Å². The third kappa shape index (κ3) is 5.51. The molecule has 0 aromatic heterocycles. The quantitative estimate of drug-likeness (QED) is 0.814. The molecule has 3 amide bonds. The van der Waals surface area contributed by atoms with Gasteiger partial charge in [0.1, 0.15) is 11.6 Å². The van der Waals surface area contributed by atoms with Crippen molar-refractivity contribution in [1.82, 2.24) is 10.6 Å². The SMILES string of the molecule is C[C@H](OC(=O)c1ccc(F)cc1F)C(=O)NC(=O)NC1CCCCC1. The van der Waals surface area contributed by atoms with Gasteiger partial charge in [-0.1, -0.05) is 19.3 Å². The zero-order chi connectivity index (χ0) is 18.4. The van der Waals surface area contributed by atoms with Gasteiger partial charge >= 0.3 is 12.0 Å². The summed E-state index contributed by atoms with van der Waals surface area (Å²) in [6.45, 7) is 1.25. The average Bonchev–Trinajstić information content (AvgIpc) is 2.55. The molecule has 8 heteroatoms. The third-order valence-electron chi connectivity index (χ3n) is 3.98. The fraction of sp³-hybridized carbons (Fsp3) is 0.471. The molecule has 0 unspecified atom stereocenters. The minimum Gasteiger partial charge on any atom is -0.449 e. The standard InChI is InChI=1S/C17H20F2N2O4/c1-10(25-16(23)13-8-7-11(18)9-14(13)19)15(22)21-17(24)20-12-5-3-2-4-6-12/h7-10,12H,2-6H2,1H3,(H2,20,21,22,24)/t10-/m0/s1. The molecule has 0 saturated heterocycles. The van der Waals surface area contributed by atoms with E-state index in [4.69, 9.17) is 4.74 Å². The summed E-state index contributed by atoms with van der Waals surface area (Å²) in [5.74, 6) is -3.87. The summed E-state index contributed by atoms with van der Waals surface area (Å²) in [5, 5.41) is 4.78. The van der Waals surface area contributed by atoms with Crippen molar-refractivity contribution in [2.24, 2.45) is 0 Å². The van der Waals surface area contributed by atoms with Crippen molar-refractivity contribution in [3.05, 3.63) is 35.4 Å². The topological polar surface area (TPSA) is 84.5 Å². The van der Waals surface area contributed by atoms with Crippen LogP contribution in [-0.4, -0.2) is 30.1 Å². The number of hydrogen-bond acceptors (Lipinski definition) is 4. The van der Waals surface area contributed by atoms with Gasteiger partial charge in [-0.15, -0.1) is 0 Å². The summed E-state index contributed by atoms with van der Waals surface area (Å²) < 4.78 is 31.2. The molecule has 25 heavy (non-hydrogen) atoms. The highest BCUT2D eigenvalue weighted by molar-refractivity contribution is 5.98. The molecule has 1 aromatic carbocycles. The number of rotatable bonds is 4. The maximum absolute atomic E-state index is 13.5. The van der Waals surface area contributed by atoms with Crippen molar-refractivity contribution < 1.29 is 27.9 Å². The van der Waals surface area contributed by atoms with Crippen molar-refractivity contribution in [2.45, 2.75) is 51.2 Å². The van der Waals surface area contributed by atoms with Crippen molar-refractivity contribution in [3.8, 4) is 0 Å². The Labute approximate surface area is 143 Å². The van der Waals surface area contributed by atoms with Gasteiger partial charge in [-0.2, -0.15) is 0 Å². The minimum atomic E-state index is -1.31. The number of nitrogens with one attached hydrogen (secondary N) is 2. The molecule has 1 aromatic rings. The summed E-state index contributed by atoms with van der Waals surface area (Å²) in [6.07, 6.45) is 3.58. The summed E-state index contributed by atoms with van der Waals surface area (Å²) in [7, 11) is 0. The highest BCUT2D eigenvalue weighted by Gasteiger charge is 2.24. The van der Waals surface area contributed by atoms with Crippen LogP contribution in [0.4, 0.5) is 13.6 Å². The van der Waals surface area contributed by atoms with E-state index in [9.17, 15) is 23.2 Å². The van der Waals surface area contributed by atoms with E-state index in [-0.39, 0.29) is 6.04 Å². The summed E-state index contributed by atoms with van der Waals surface area (Å²) >= 11 is 0. The summed E-state index contributed by atoms with van der Waals surface area (Å²) in [5.41, 5.74) is -0.493. The number of carbonyl (C=O) groups excluding carboxylic acids is 3. The van der Waals surface area contributed by atoms with Crippen LogP contribution in [-0.2, 0) is 9.53 Å². The number of halogens is 2. The lowest BCUT2D eigenvalue weighted by Crippen LogP contribution is -2.48. The first-order chi connectivity index (χ1) is 11.9. The molecule has 0 heterocycles. The van der Waals surface area contributed by atoms with E-state index < -0.39 is 41.2 Å². The Morgan fingerprint density at radius 2 is 1.84 bits per heavy atom. The normalized spacial score (nSPS) is 16.0. The van der Waals surface area contributed by atoms with Crippen LogP contribution in [0.2, 0.25) is 0 Å². The lowest BCUT2D eigenvalue weighted by atomic mass is 9.96. The van der Waals surface area contributed by atoms with E-state index in [0.29, 0.717) is 6.07 Å². The Bertz CT molecular complexity index is 660. The second-order valence-electron chi connectivity index (χ2n) is 5.97. The van der Waals surface area contributed by atoms with Crippen LogP contribution in [0.25, 0.3) is 0 Å². The van der Waals surface area contributed by atoms with E-state index in [2.05, 4.69) is 10.6 Å². The lowest BCUT2D eigenvalue weighted by Gasteiger charge is -2.23. The predicted octanol–water partition coefficient (Wildman–Crippen LogP) is 2.67. The van der Waals surface area contributed by atoms with Gasteiger partial charge in [-0.25, -0.2) is 18.4 Å². The Balaban J connectivity index is 1.84. The Morgan fingerprint density at radius 1 is 1.16 bits per heavy atom. The van der Waals surface area contributed by atoms with Gasteiger partial charge in [0.15, 0.2) is 6.10 Å². The molecule has 1 atom stereocenters. The second-order valence-corrected chi connectivity index (χ2v) is 5.97. The molecule has 1 aliphatic carbocycles. The van der Waals surface area contributed by atoms with E-state index in [1.54, 1.807) is 0 Å². The van der Waals surface area contributed by atoms with Crippen LogP contribution in [0.3, 0.4) is 0 Å². The molecule has 1 saturated carbocycles. The van der Waals surface area contributed by atoms with Crippen LogP contribution < -0.4 is 10.6 Å². The highest BCUT2D eigenvalue weighted by Crippen LogP contribution is 2.17. The molecule has 1 aliphatic rings. The van der Waals surface area contributed by atoms with Crippen molar-refractivity contribution in [2.75, 3.05) is 0 Å². The molecule has 0 aliphatic heterocycles. The number of ether oxygens (including phenoxy) is 1. The Morgan fingerprint density at radius 3 is 2.48 bits per heavy atom. The number of esters is 1. The molecule has 0 radical (unpaired) electrons. The van der Waals surface area contributed by atoms with E-state index in [0.717, 1.165) is 44.2 Å². The molecule has 6 nitrogen and oxygen atoms in total. The van der Waals surface area contributed by atoms with Gasteiger partial charge in [-0.3, -0.25) is 10.1 Å². The third-order valence-corrected chi connectivity index (χ3v) is 3.98. The number of benzene rings is 1. The van der Waals surface area contributed by atoms with Gasteiger partial charge in [0.25, 0.3) is 5.91 Å². The molecule has 0 bridgehead atoms. The molecule has 0 spiro atoms. The number of hydrogen-bond donors (Lipinski definition) is 2. The molecule has 2 rings (SSSR count). The molecule has 1 fully saturated rings. The Kier molecular flexibility index (Phi) is 6.44. The molecular formula is C17H20F2N2O4. The predicted molar refractivity (Wildman–Crippen MR) is 84.8 cm³/mol. The first-order valence-corrected chi connectivity index (χ1v) is 8.14. The lowest BCUT2D eigenvalue weighted by molar-refractivity contribution is -0.127. The van der Waals surface area contributed by atoms with Gasteiger partial charge in [-0.05, 0) is 31.9 Å². The van der Waals surface area contributed by atoms with Crippen molar-refractivity contribution >= 4 is 17.9 Å². The first kappa shape index (κ1) is 18.8. The second kappa shape index (κ2) is 8.55. The largest absolute Gasteiger partial charge is 0.449 e. The average molecular weight is 354 g/mol. The van der Waals surface area contributed by atoms with Crippen LogP contribution in [0.15, 0.2) is 18.2 Å². The fourth-order valence-electron chi connectivity index (χ4n) is 2.61. The molecular weight excluding hydrogens is 334 g/mol. The van der Waals surface area contributed by atoms with Crippen LogP contribution >= 0.6 is 0 Å². The zero-order valence-corrected chi connectivity index (χ0v) is 13.8. The maximum atomic E-state index is 13.5. The van der Waals surface area contributed by atoms with Crippen LogP contribution in [0.5, 0.6) is 0 Å². The minimum absolute atomic E-state index is 0.0210. The monoisotopic (exact) mass is 354 g/mol. The van der Waals surface area contributed by atoms with E-state index in [1.807, 2.05) is 0 Å². The van der Waals surface area contributed by atoms with Gasteiger partial charge in [0, 0.05) is 12.1 Å². The van der Waals surface area contributed by atoms with Crippen molar-refractivity contribution in [3.63, 3.8) is 0 Å². The fourth-order valence-corrected chi connectivity index (χ4v) is 2.61. The first-order valence-electron chi connectivity index (χ1n) is 8.14. The number of imide groups is 1. The summed E-state index contributed by atoms with van der Waals surface area (Å²) in [6, 6.07) is 1.73. The van der Waals surface area contributed by atoms with Crippen LogP contribution in [0.1, 0.15) is 49.4 Å². The molecule has 2 N–H and O–H groups in total. The van der Waals surface area contributed by atoms with Gasteiger partial charge in [0.2, 0.25) is 0 Å². The van der Waals surface area contributed by atoms with Crippen molar-refractivity contribution in [1.29, 1.82) is 0 Å². The maximum Gasteiger partial charge on any atom is 0.341 e.